The van der Waals surface area contributed by atoms with Gasteiger partial charge in [0.25, 0.3) is 0 Å². The molecule has 1 heterocycles. The molecule has 0 saturated carbocycles. The van der Waals surface area contributed by atoms with Crippen molar-refractivity contribution in [2.45, 2.75) is 57.3 Å². The number of hydrogen-bond acceptors (Lipinski definition) is 10. The number of aliphatic hydroxyl groups is 5. The Kier molecular flexibility index (Phi) is 12.7. The normalized spacial score (nSPS) is 15.2. The number of halogens is 4. The van der Waals surface area contributed by atoms with Gasteiger partial charge in [0.05, 0.1) is 23.3 Å². The van der Waals surface area contributed by atoms with Crippen LogP contribution in [0.2, 0.25) is 5.02 Å². The van der Waals surface area contributed by atoms with Crippen LogP contribution in [0.1, 0.15) is 27.8 Å². The van der Waals surface area contributed by atoms with Crippen molar-refractivity contribution >= 4 is 11.6 Å². The van der Waals surface area contributed by atoms with Gasteiger partial charge in [0.1, 0.15) is 56.2 Å². The van der Waals surface area contributed by atoms with Crippen molar-refractivity contribution in [2.75, 3.05) is 26.4 Å². The number of fused-ring (bicyclic) bond motifs is 1. The molecule has 1 aliphatic heterocycles. The van der Waals surface area contributed by atoms with Crippen LogP contribution in [0.4, 0.5) is 13.2 Å². The number of hydrogen-bond donors (Lipinski definition) is 6. The molecule has 14 heteroatoms. The second kappa shape index (κ2) is 17.0. The van der Waals surface area contributed by atoms with Crippen LogP contribution in [0.15, 0.2) is 72.8 Å². The fraction of sp³-hybridized carbons (Fsp3) is 0.351. The first-order valence-electron chi connectivity index (χ1n) is 16.1. The SMILES string of the molecule is Cc1c(COc2cc(OCc3cccc(C(F)(F)F)c3)c(CNCC(O)C(O)C(O)C(O)CO)cc2Cl)cccc1-c1ccc2c(c1)OCCO2. The minimum Gasteiger partial charge on any atom is -0.488 e. The van der Waals surface area contributed by atoms with Gasteiger partial charge < -0.3 is 49.8 Å². The first-order valence-corrected chi connectivity index (χ1v) is 16.5. The van der Waals surface area contributed by atoms with Crippen LogP contribution in [0.25, 0.3) is 11.1 Å². The molecule has 51 heavy (non-hydrogen) atoms. The van der Waals surface area contributed by atoms with Gasteiger partial charge in [-0.1, -0.05) is 48.0 Å². The van der Waals surface area contributed by atoms with Gasteiger partial charge in [-0.25, -0.2) is 0 Å². The van der Waals surface area contributed by atoms with Crippen LogP contribution in [-0.4, -0.2) is 76.3 Å². The lowest BCUT2D eigenvalue weighted by atomic mass is 9.96. The minimum atomic E-state index is -4.53. The maximum absolute atomic E-state index is 13.3. The highest BCUT2D eigenvalue weighted by Gasteiger charge is 2.31. The zero-order chi connectivity index (χ0) is 36.7. The number of rotatable bonds is 15. The molecule has 1 aliphatic rings. The van der Waals surface area contributed by atoms with E-state index in [0.717, 1.165) is 34.4 Å². The van der Waals surface area contributed by atoms with Crippen molar-refractivity contribution in [3.63, 3.8) is 0 Å². The van der Waals surface area contributed by atoms with E-state index in [2.05, 4.69) is 5.32 Å². The third-order valence-corrected chi connectivity index (χ3v) is 8.74. The average Bonchev–Trinajstić information content (AvgIpc) is 3.13. The van der Waals surface area contributed by atoms with Crippen molar-refractivity contribution in [1.29, 1.82) is 0 Å². The molecule has 4 aromatic carbocycles. The Morgan fingerprint density at radius 3 is 2.25 bits per heavy atom. The first-order chi connectivity index (χ1) is 24.3. The number of benzene rings is 4. The quantitative estimate of drug-likeness (QED) is 0.101. The van der Waals surface area contributed by atoms with Gasteiger partial charge in [-0.15, -0.1) is 0 Å². The minimum absolute atomic E-state index is 0.0110. The molecule has 0 radical (unpaired) electrons. The maximum Gasteiger partial charge on any atom is 0.416 e. The largest absolute Gasteiger partial charge is 0.488 e. The van der Waals surface area contributed by atoms with Gasteiger partial charge in [-0.05, 0) is 65.1 Å². The van der Waals surface area contributed by atoms with E-state index >= 15 is 0 Å². The van der Waals surface area contributed by atoms with Crippen molar-refractivity contribution in [2.24, 2.45) is 0 Å². The van der Waals surface area contributed by atoms with Crippen LogP contribution in [-0.2, 0) is 25.9 Å². The van der Waals surface area contributed by atoms with Crippen LogP contribution < -0.4 is 24.3 Å². The van der Waals surface area contributed by atoms with Crippen LogP contribution in [0, 0.1) is 6.92 Å². The first kappa shape index (κ1) is 38.2. The fourth-order valence-corrected chi connectivity index (χ4v) is 5.76. The predicted octanol–water partition coefficient (Wildman–Crippen LogP) is 4.79. The van der Waals surface area contributed by atoms with Crippen molar-refractivity contribution in [1.82, 2.24) is 5.32 Å². The van der Waals surface area contributed by atoms with Crippen LogP contribution >= 0.6 is 11.6 Å². The molecule has 4 unspecified atom stereocenters. The van der Waals surface area contributed by atoms with E-state index in [4.69, 9.17) is 35.7 Å². The highest BCUT2D eigenvalue weighted by molar-refractivity contribution is 6.32. The summed E-state index contributed by atoms with van der Waals surface area (Å²) in [4.78, 5) is 0. The molecular weight excluding hydrogens is 695 g/mol. The average molecular weight is 734 g/mol. The van der Waals surface area contributed by atoms with E-state index in [0.29, 0.717) is 30.3 Å². The Labute approximate surface area is 297 Å². The molecule has 4 aromatic rings. The molecule has 274 valence electrons. The molecular formula is C37H39ClF3NO9. The maximum atomic E-state index is 13.3. The Balaban J connectivity index is 1.34. The topological polar surface area (TPSA) is 150 Å². The zero-order valence-electron chi connectivity index (χ0n) is 27.6. The standard InChI is InChI=1S/C37H39ClF3NO9/c1-21-24(5-3-7-27(21)23-8-9-31-34(14-23)49-11-10-48-31)20-51-33-15-32(50-19-22-4-2-6-26(12-22)37(39,40)41)25(13-28(33)38)16-42-17-29(44)35(46)36(47)30(45)18-43/h2-9,12-15,29-30,35-36,42-47H,10-11,16-20H2,1H3. The monoisotopic (exact) mass is 733 g/mol. The molecule has 0 saturated heterocycles. The molecule has 0 aromatic heterocycles. The summed E-state index contributed by atoms with van der Waals surface area (Å²) < 4.78 is 63.6. The Hall–Kier alpha value is -4.08. The number of nitrogens with one attached hydrogen (secondary N) is 1. The summed E-state index contributed by atoms with van der Waals surface area (Å²) in [7, 11) is 0. The number of aliphatic hydroxyl groups excluding tert-OH is 5. The van der Waals surface area contributed by atoms with Gasteiger partial charge in [0, 0.05) is 24.7 Å². The molecule has 5 rings (SSSR count). The van der Waals surface area contributed by atoms with E-state index in [9.17, 15) is 33.6 Å². The van der Waals surface area contributed by atoms with Crippen molar-refractivity contribution in [3.05, 3.63) is 106 Å². The molecule has 0 aliphatic carbocycles. The number of ether oxygens (including phenoxy) is 4. The summed E-state index contributed by atoms with van der Waals surface area (Å²) >= 11 is 6.64. The smallest absolute Gasteiger partial charge is 0.416 e. The fourth-order valence-electron chi connectivity index (χ4n) is 5.52. The predicted molar refractivity (Wildman–Crippen MR) is 182 cm³/mol. The Morgan fingerprint density at radius 1 is 0.804 bits per heavy atom. The summed E-state index contributed by atoms with van der Waals surface area (Å²) in [6.45, 7) is 1.78. The summed E-state index contributed by atoms with van der Waals surface area (Å²) in [5, 5.41) is 52.1. The Bertz CT molecular complexity index is 1790. The highest BCUT2D eigenvalue weighted by Crippen LogP contribution is 2.38. The second-order valence-electron chi connectivity index (χ2n) is 12.0. The van der Waals surface area contributed by atoms with E-state index < -0.39 is 42.8 Å². The van der Waals surface area contributed by atoms with Crippen LogP contribution in [0.3, 0.4) is 0 Å². The van der Waals surface area contributed by atoms with E-state index in [-0.39, 0.29) is 48.4 Å². The van der Waals surface area contributed by atoms with Gasteiger partial charge in [-0.3, -0.25) is 0 Å². The van der Waals surface area contributed by atoms with Crippen molar-refractivity contribution in [3.8, 4) is 34.1 Å². The number of alkyl halides is 3. The lowest BCUT2D eigenvalue weighted by molar-refractivity contribution is -0.137. The highest BCUT2D eigenvalue weighted by atomic mass is 35.5. The zero-order valence-corrected chi connectivity index (χ0v) is 28.3. The van der Waals surface area contributed by atoms with Gasteiger partial charge in [0.15, 0.2) is 11.5 Å². The molecule has 6 N–H and O–H groups in total. The van der Waals surface area contributed by atoms with E-state index in [1.165, 1.54) is 18.2 Å². The third-order valence-electron chi connectivity index (χ3n) is 8.44. The summed E-state index contributed by atoms with van der Waals surface area (Å²) in [5.74, 6) is 1.83. The summed E-state index contributed by atoms with van der Waals surface area (Å²) in [6, 6.07) is 19.4. The second-order valence-corrected chi connectivity index (χ2v) is 12.5. The lowest BCUT2D eigenvalue weighted by Crippen LogP contribution is -2.48. The molecule has 4 atom stereocenters. The molecule has 0 fully saturated rings. The van der Waals surface area contributed by atoms with Crippen molar-refractivity contribution < 1.29 is 57.7 Å². The molecule has 10 nitrogen and oxygen atoms in total. The van der Waals surface area contributed by atoms with Crippen LogP contribution in [0.5, 0.6) is 23.0 Å². The third kappa shape index (κ3) is 9.63. The molecule has 0 bridgehead atoms. The molecule has 0 spiro atoms. The van der Waals surface area contributed by atoms with E-state index in [1.807, 2.05) is 43.3 Å². The van der Waals surface area contributed by atoms with Gasteiger partial charge in [-0.2, -0.15) is 13.2 Å². The Morgan fingerprint density at radius 2 is 1.51 bits per heavy atom. The van der Waals surface area contributed by atoms with Gasteiger partial charge in [0.2, 0.25) is 0 Å². The molecule has 0 amide bonds. The van der Waals surface area contributed by atoms with Gasteiger partial charge >= 0.3 is 6.18 Å². The summed E-state index contributed by atoms with van der Waals surface area (Å²) in [5.41, 5.74) is 3.64. The lowest BCUT2D eigenvalue weighted by Gasteiger charge is -2.26. The van der Waals surface area contributed by atoms with E-state index in [1.54, 1.807) is 6.07 Å². The summed E-state index contributed by atoms with van der Waals surface area (Å²) in [6.07, 6.45) is -11.3.